The fourth-order valence-corrected chi connectivity index (χ4v) is 0.964. The summed E-state index contributed by atoms with van der Waals surface area (Å²) in [7, 11) is 0. The van der Waals surface area contributed by atoms with Crippen molar-refractivity contribution in [2.24, 2.45) is 5.73 Å². The third-order valence-electron chi connectivity index (χ3n) is 2.31. The normalized spacial score (nSPS) is 13.5. The van der Waals surface area contributed by atoms with E-state index in [1.165, 1.54) is 5.54 Å². The van der Waals surface area contributed by atoms with Crippen LogP contribution in [0.15, 0.2) is 11.1 Å². The van der Waals surface area contributed by atoms with Gasteiger partial charge in [0.05, 0.1) is 13.2 Å². The summed E-state index contributed by atoms with van der Waals surface area (Å²) in [6, 6.07) is 0. The Balaban J connectivity index is 3.74. The second-order valence-electron chi connectivity index (χ2n) is 3.52. The fraction of sp³-hybridized carbons (Fsp3) is 0.800. The molecule has 0 aliphatic carbocycles. The van der Waals surface area contributed by atoms with Crippen LogP contribution in [0.25, 0.3) is 0 Å². The zero-order valence-corrected chi connectivity index (χ0v) is 9.53. The molecule has 13 heavy (non-hydrogen) atoms. The molecule has 0 fully saturated rings. The van der Waals surface area contributed by atoms with Crippen molar-refractivity contribution in [3.05, 3.63) is 11.1 Å². The summed E-state index contributed by atoms with van der Waals surface area (Å²) >= 11 is 5.50. The predicted molar refractivity (Wildman–Crippen MR) is 57.9 cm³/mol. The first kappa shape index (κ1) is 12.9. The summed E-state index contributed by atoms with van der Waals surface area (Å²) in [5, 5.41) is 0. The SMILES string of the molecule is CCC(N)(CC)COCC(C)=CCl. The number of hydrogen-bond acceptors (Lipinski definition) is 2. The molecule has 0 aliphatic rings. The van der Waals surface area contributed by atoms with Gasteiger partial charge in [0.2, 0.25) is 0 Å². The van der Waals surface area contributed by atoms with Crippen LogP contribution in [0.3, 0.4) is 0 Å². The van der Waals surface area contributed by atoms with Crippen LogP contribution in [-0.4, -0.2) is 18.8 Å². The Kier molecular flexibility index (Phi) is 6.39. The molecule has 0 aromatic carbocycles. The molecule has 0 spiro atoms. The Labute approximate surface area is 86.1 Å². The minimum Gasteiger partial charge on any atom is -0.375 e. The molecule has 0 rings (SSSR count). The van der Waals surface area contributed by atoms with Gasteiger partial charge in [0.25, 0.3) is 0 Å². The quantitative estimate of drug-likeness (QED) is 0.724. The van der Waals surface area contributed by atoms with Crippen molar-refractivity contribution in [2.45, 2.75) is 39.2 Å². The van der Waals surface area contributed by atoms with E-state index in [4.69, 9.17) is 22.1 Å². The van der Waals surface area contributed by atoms with Crippen molar-refractivity contribution in [2.75, 3.05) is 13.2 Å². The zero-order valence-electron chi connectivity index (χ0n) is 8.77. The van der Waals surface area contributed by atoms with E-state index in [1.54, 1.807) is 0 Å². The van der Waals surface area contributed by atoms with Gasteiger partial charge in [0.15, 0.2) is 0 Å². The van der Waals surface area contributed by atoms with E-state index >= 15 is 0 Å². The second-order valence-corrected chi connectivity index (χ2v) is 3.74. The van der Waals surface area contributed by atoms with Crippen molar-refractivity contribution >= 4 is 11.6 Å². The van der Waals surface area contributed by atoms with E-state index in [2.05, 4.69) is 13.8 Å². The lowest BCUT2D eigenvalue weighted by atomic mass is 9.96. The van der Waals surface area contributed by atoms with Crippen LogP contribution in [0.4, 0.5) is 0 Å². The van der Waals surface area contributed by atoms with Gasteiger partial charge in [-0.05, 0) is 25.3 Å². The molecule has 2 nitrogen and oxygen atoms in total. The lowest BCUT2D eigenvalue weighted by molar-refractivity contribution is 0.0969. The summed E-state index contributed by atoms with van der Waals surface area (Å²) in [6.07, 6.45) is 1.88. The van der Waals surface area contributed by atoms with E-state index in [9.17, 15) is 0 Å². The minimum absolute atomic E-state index is 0.174. The third-order valence-corrected chi connectivity index (χ3v) is 2.69. The van der Waals surface area contributed by atoms with Crippen LogP contribution in [0.1, 0.15) is 33.6 Å². The molecule has 78 valence electrons. The Bertz CT molecular complexity index is 164. The van der Waals surface area contributed by atoms with Gasteiger partial charge in [-0.3, -0.25) is 0 Å². The van der Waals surface area contributed by atoms with Gasteiger partial charge < -0.3 is 10.5 Å². The molecule has 0 aliphatic heterocycles. The molecule has 3 heteroatoms. The topological polar surface area (TPSA) is 35.2 Å². The van der Waals surface area contributed by atoms with Gasteiger partial charge in [-0.15, -0.1) is 0 Å². The maximum absolute atomic E-state index is 6.05. The van der Waals surface area contributed by atoms with E-state index in [0.717, 1.165) is 18.4 Å². The number of ether oxygens (including phenoxy) is 1. The van der Waals surface area contributed by atoms with Crippen molar-refractivity contribution in [1.82, 2.24) is 0 Å². The first-order valence-electron chi connectivity index (χ1n) is 4.70. The fourth-order valence-electron chi connectivity index (χ4n) is 0.901. The third kappa shape index (κ3) is 5.29. The van der Waals surface area contributed by atoms with Gasteiger partial charge in [-0.2, -0.15) is 0 Å². The van der Waals surface area contributed by atoms with Crippen molar-refractivity contribution in [1.29, 1.82) is 0 Å². The molecule has 0 aromatic rings. The Morgan fingerprint density at radius 3 is 2.38 bits per heavy atom. The van der Waals surface area contributed by atoms with E-state index in [0.29, 0.717) is 13.2 Å². The van der Waals surface area contributed by atoms with Gasteiger partial charge in [0, 0.05) is 11.1 Å². The summed E-state index contributed by atoms with van der Waals surface area (Å²) in [4.78, 5) is 0. The summed E-state index contributed by atoms with van der Waals surface area (Å²) in [6.45, 7) is 7.27. The van der Waals surface area contributed by atoms with Crippen LogP contribution in [0, 0.1) is 0 Å². The van der Waals surface area contributed by atoms with Gasteiger partial charge in [-0.25, -0.2) is 0 Å². The highest BCUT2D eigenvalue weighted by Gasteiger charge is 2.19. The molecule has 0 unspecified atom stereocenters. The average molecular weight is 206 g/mol. The number of halogens is 1. The number of nitrogens with two attached hydrogens (primary N) is 1. The monoisotopic (exact) mass is 205 g/mol. The van der Waals surface area contributed by atoms with Crippen molar-refractivity contribution in [3.8, 4) is 0 Å². The molecular formula is C10H20ClNO. The molecule has 2 N–H and O–H groups in total. The highest BCUT2D eigenvalue weighted by Crippen LogP contribution is 2.11. The lowest BCUT2D eigenvalue weighted by Gasteiger charge is -2.26. The lowest BCUT2D eigenvalue weighted by Crippen LogP contribution is -2.43. The standard InChI is InChI=1S/C10H20ClNO/c1-4-10(12,5-2)8-13-7-9(3)6-11/h6H,4-5,7-8,12H2,1-3H3. The van der Waals surface area contributed by atoms with Crippen LogP contribution < -0.4 is 5.73 Å². The van der Waals surface area contributed by atoms with E-state index in [1.807, 2.05) is 6.92 Å². The van der Waals surface area contributed by atoms with Crippen LogP contribution in [0.5, 0.6) is 0 Å². The molecule has 0 amide bonds. The van der Waals surface area contributed by atoms with Gasteiger partial charge >= 0.3 is 0 Å². The smallest absolute Gasteiger partial charge is 0.0686 e. The van der Waals surface area contributed by atoms with E-state index < -0.39 is 0 Å². The molecule has 0 saturated heterocycles. The van der Waals surface area contributed by atoms with Crippen molar-refractivity contribution < 1.29 is 4.74 Å². The van der Waals surface area contributed by atoms with Crippen LogP contribution >= 0.6 is 11.6 Å². The molecule has 0 bridgehead atoms. The second kappa shape index (κ2) is 6.41. The summed E-state index contributed by atoms with van der Waals surface area (Å²) < 4.78 is 5.46. The average Bonchev–Trinajstić information content (AvgIpc) is 2.17. The molecule has 0 aromatic heterocycles. The zero-order chi connectivity index (χ0) is 10.3. The minimum atomic E-state index is -0.174. The maximum Gasteiger partial charge on any atom is 0.0686 e. The summed E-state index contributed by atoms with van der Waals surface area (Å²) in [5.41, 5.74) is 8.43. The van der Waals surface area contributed by atoms with Crippen LogP contribution in [-0.2, 0) is 4.74 Å². The summed E-state index contributed by atoms with van der Waals surface area (Å²) in [5.74, 6) is 0. The molecule has 0 heterocycles. The first-order chi connectivity index (χ1) is 6.08. The van der Waals surface area contributed by atoms with Gasteiger partial charge in [0.1, 0.15) is 0 Å². The molecule has 0 radical (unpaired) electrons. The highest BCUT2D eigenvalue weighted by molar-refractivity contribution is 6.25. The number of hydrogen-bond donors (Lipinski definition) is 1. The van der Waals surface area contributed by atoms with E-state index in [-0.39, 0.29) is 5.54 Å². The highest BCUT2D eigenvalue weighted by atomic mass is 35.5. The largest absolute Gasteiger partial charge is 0.375 e. The molecular weight excluding hydrogens is 186 g/mol. The number of rotatable bonds is 6. The first-order valence-corrected chi connectivity index (χ1v) is 5.14. The van der Waals surface area contributed by atoms with Gasteiger partial charge in [-0.1, -0.05) is 25.4 Å². The molecule has 0 atom stereocenters. The Hall–Kier alpha value is -0.0500. The van der Waals surface area contributed by atoms with Crippen LogP contribution in [0.2, 0.25) is 0 Å². The predicted octanol–water partition coefficient (Wildman–Crippen LogP) is 2.66. The molecule has 0 saturated carbocycles. The Morgan fingerprint density at radius 1 is 1.46 bits per heavy atom. The Morgan fingerprint density at radius 2 is 2.00 bits per heavy atom. The van der Waals surface area contributed by atoms with Crippen molar-refractivity contribution in [3.63, 3.8) is 0 Å². The maximum atomic E-state index is 6.05.